The van der Waals surface area contributed by atoms with Crippen LogP contribution in [0.1, 0.15) is 27.3 Å². The van der Waals surface area contributed by atoms with Crippen LogP contribution in [0.5, 0.6) is 0 Å². The van der Waals surface area contributed by atoms with Gasteiger partial charge in [-0.05, 0) is 56.2 Å². The minimum absolute atomic E-state index is 0.179. The predicted octanol–water partition coefficient (Wildman–Crippen LogP) is 2.94. The molecule has 0 aliphatic carbocycles. The molecule has 0 atom stereocenters. The number of hydrogen-bond acceptors (Lipinski definition) is 4. The first kappa shape index (κ1) is 21.3. The molecule has 8 heteroatoms. The zero-order chi connectivity index (χ0) is 22.2. The topological polar surface area (TPSA) is 75.5 Å². The highest BCUT2D eigenvalue weighted by Crippen LogP contribution is 2.23. The Bertz CT molecular complexity index is 1210. The zero-order valence-electron chi connectivity index (χ0n) is 17.9. The summed E-state index contributed by atoms with van der Waals surface area (Å²) < 4.78 is 29.4. The lowest BCUT2D eigenvalue weighted by atomic mass is 10.2. The fourth-order valence-corrected chi connectivity index (χ4v) is 5.56. The van der Waals surface area contributed by atoms with Gasteiger partial charge in [0.1, 0.15) is 0 Å². The molecule has 2 aromatic carbocycles. The third kappa shape index (κ3) is 4.13. The molecule has 2 heterocycles. The SMILES string of the molecule is Cc1ccc(C)c(S(=O)(=O)N2CCN(C(=O)c3cc(C)n(-c4ccccc4)n3)CC2)c1. The number of amides is 1. The van der Waals surface area contributed by atoms with Gasteiger partial charge < -0.3 is 4.90 Å². The molecule has 0 unspecified atom stereocenters. The summed E-state index contributed by atoms with van der Waals surface area (Å²) in [6, 6.07) is 16.9. The number of aromatic nitrogens is 2. The monoisotopic (exact) mass is 438 g/mol. The number of carbonyl (C=O) groups is 1. The van der Waals surface area contributed by atoms with E-state index in [1.807, 2.05) is 56.3 Å². The maximum atomic E-state index is 13.1. The molecule has 0 bridgehead atoms. The van der Waals surface area contributed by atoms with Crippen LogP contribution in [0, 0.1) is 20.8 Å². The Labute approximate surface area is 183 Å². The number of carbonyl (C=O) groups excluding carboxylic acids is 1. The van der Waals surface area contributed by atoms with Crippen molar-refractivity contribution < 1.29 is 13.2 Å². The van der Waals surface area contributed by atoms with Crippen molar-refractivity contribution in [1.29, 1.82) is 0 Å². The third-order valence-corrected chi connectivity index (χ3v) is 7.64. The van der Waals surface area contributed by atoms with Crippen LogP contribution in [0.15, 0.2) is 59.5 Å². The maximum Gasteiger partial charge on any atom is 0.274 e. The Balaban J connectivity index is 1.48. The molecule has 31 heavy (non-hydrogen) atoms. The predicted molar refractivity (Wildman–Crippen MR) is 119 cm³/mol. The van der Waals surface area contributed by atoms with Gasteiger partial charge in [0, 0.05) is 31.9 Å². The van der Waals surface area contributed by atoms with Gasteiger partial charge >= 0.3 is 0 Å². The lowest BCUT2D eigenvalue weighted by Crippen LogP contribution is -2.50. The van der Waals surface area contributed by atoms with Gasteiger partial charge in [-0.2, -0.15) is 9.40 Å². The van der Waals surface area contributed by atoms with Crippen molar-refractivity contribution in [3.05, 3.63) is 77.1 Å². The van der Waals surface area contributed by atoms with Gasteiger partial charge in [-0.15, -0.1) is 0 Å². The van der Waals surface area contributed by atoms with Crippen molar-refractivity contribution in [2.75, 3.05) is 26.2 Å². The summed E-state index contributed by atoms with van der Waals surface area (Å²) in [6.45, 7) is 6.79. The normalized spacial score (nSPS) is 15.3. The first-order valence-electron chi connectivity index (χ1n) is 10.3. The van der Waals surface area contributed by atoms with Crippen LogP contribution in [0.25, 0.3) is 5.69 Å². The highest BCUT2D eigenvalue weighted by molar-refractivity contribution is 7.89. The Morgan fingerprint density at radius 2 is 1.58 bits per heavy atom. The van der Waals surface area contributed by atoms with Gasteiger partial charge in [-0.1, -0.05) is 30.3 Å². The Morgan fingerprint density at radius 3 is 2.26 bits per heavy atom. The summed E-state index contributed by atoms with van der Waals surface area (Å²) in [5.41, 5.74) is 3.76. The molecule has 1 aromatic heterocycles. The van der Waals surface area contributed by atoms with Crippen molar-refractivity contribution in [3.63, 3.8) is 0 Å². The number of benzene rings is 2. The number of rotatable bonds is 4. The number of piperazine rings is 1. The van der Waals surface area contributed by atoms with Crippen LogP contribution in [-0.4, -0.2) is 59.5 Å². The smallest absolute Gasteiger partial charge is 0.274 e. The van der Waals surface area contributed by atoms with E-state index in [1.54, 1.807) is 28.6 Å². The zero-order valence-corrected chi connectivity index (χ0v) is 18.8. The fourth-order valence-electron chi connectivity index (χ4n) is 3.83. The lowest BCUT2D eigenvalue weighted by molar-refractivity contribution is 0.0691. The van der Waals surface area contributed by atoms with Crippen LogP contribution in [0.3, 0.4) is 0 Å². The van der Waals surface area contributed by atoms with E-state index < -0.39 is 10.0 Å². The van der Waals surface area contributed by atoms with Crippen LogP contribution < -0.4 is 0 Å². The Kier molecular flexibility index (Phi) is 5.68. The van der Waals surface area contributed by atoms with Crippen molar-refractivity contribution in [2.24, 2.45) is 0 Å². The van der Waals surface area contributed by atoms with Crippen LogP contribution in [0.4, 0.5) is 0 Å². The van der Waals surface area contributed by atoms with Crippen LogP contribution in [-0.2, 0) is 10.0 Å². The maximum absolute atomic E-state index is 13.1. The third-order valence-electron chi connectivity index (χ3n) is 5.59. The number of hydrogen-bond donors (Lipinski definition) is 0. The molecule has 0 spiro atoms. The van der Waals surface area contributed by atoms with Gasteiger partial charge in [0.15, 0.2) is 5.69 Å². The molecule has 0 N–H and O–H groups in total. The summed E-state index contributed by atoms with van der Waals surface area (Å²) >= 11 is 0. The average molecular weight is 439 g/mol. The first-order valence-corrected chi connectivity index (χ1v) is 11.7. The highest BCUT2D eigenvalue weighted by atomic mass is 32.2. The summed E-state index contributed by atoms with van der Waals surface area (Å²) in [7, 11) is -3.59. The first-order chi connectivity index (χ1) is 14.8. The lowest BCUT2D eigenvalue weighted by Gasteiger charge is -2.34. The molecule has 3 aromatic rings. The van der Waals surface area contributed by atoms with Gasteiger partial charge in [0.05, 0.1) is 10.6 Å². The van der Waals surface area contributed by atoms with E-state index in [4.69, 9.17) is 0 Å². The van der Waals surface area contributed by atoms with E-state index in [-0.39, 0.29) is 19.0 Å². The summed E-state index contributed by atoms with van der Waals surface area (Å²) in [5, 5.41) is 4.49. The quantitative estimate of drug-likeness (QED) is 0.628. The second-order valence-electron chi connectivity index (χ2n) is 7.88. The molecular weight excluding hydrogens is 412 g/mol. The minimum atomic E-state index is -3.59. The largest absolute Gasteiger partial charge is 0.335 e. The Hall–Kier alpha value is -2.97. The number of nitrogens with zero attached hydrogens (tertiary/aromatic N) is 4. The van der Waals surface area contributed by atoms with Crippen LogP contribution >= 0.6 is 0 Å². The van der Waals surface area contributed by atoms with Crippen molar-refractivity contribution >= 4 is 15.9 Å². The Morgan fingerprint density at radius 1 is 0.903 bits per heavy atom. The van der Waals surface area contributed by atoms with E-state index in [9.17, 15) is 13.2 Å². The summed E-state index contributed by atoms with van der Waals surface area (Å²) in [6.07, 6.45) is 0. The summed E-state index contributed by atoms with van der Waals surface area (Å²) in [5.74, 6) is -0.179. The second kappa shape index (κ2) is 8.28. The van der Waals surface area contributed by atoms with E-state index in [0.717, 1.165) is 22.5 Å². The minimum Gasteiger partial charge on any atom is -0.335 e. The van der Waals surface area contributed by atoms with Crippen molar-refractivity contribution in [3.8, 4) is 5.69 Å². The molecule has 1 saturated heterocycles. The molecule has 162 valence electrons. The number of para-hydroxylation sites is 1. The van der Waals surface area contributed by atoms with Gasteiger partial charge in [0.2, 0.25) is 10.0 Å². The van der Waals surface area contributed by atoms with Crippen LogP contribution in [0.2, 0.25) is 0 Å². The van der Waals surface area contributed by atoms with Gasteiger partial charge in [-0.3, -0.25) is 4.79 Å². The molecule has 4 rings (SSSR count). The van der Waals surface area contributed by atoms with E-state index >= 15 is 0 Å². The molecule has 1 aliphatic heterocycles. The molecule has 0 saturated carbocycles. The average Bonchev–Trinajstić information content (AvgIpc) is 3.17. The highest BCUT2D eigenvalue weighted by Gasteiger charge is 2.32. The van der Waals surface area contributed by atoms with Gasteiger partial charge in [-0.25, -0.2) is 13.1 Å². The fraction of sp³-hybridized carbons (Fsp3) is 0.304. The van der Waals surface area contributed by atoms with E-state index in [0.29, 0.717) is 23.7 Å². The second-order valence-corrected chi connectivity index (χ2v) is 9.79. The number of sulfonamides is 1. The van der Waals surface area contributed by atoms with Crippen molar-refractivity contribution in [1.82, 2.24) is 19.0 Å². The molecule has 1 aliphatic rings. The summed E-state index contributed by atoms with van der Waals surface area (Å²) in [4.78, 5) is 15.0. The number of aryl methyl sites for hydroxylation is 3. The van der Waals surface area contributed by atoms with E-state index in [1.165, 1.54) is 4.31 Å². The van der Waals surface area contributed by atoms with Gasteiger partial charge in [0.25, 0.3) is 5.91 Å². The van der Waals surface area contributed by atoms with E-state index in [2.05, 4.69) is 5.10 Å². The van der Waals surface area contributed by atoms with Crippen molar-refractivity contribution in [2.45, 2.75) is 25.7 Å². The standard InChI is InChI=1S/C23H26N4O3S/c1-17-9-10-18(2)22(15-17)31(29,30)26-13-11-25(12-14-26)23(28)21-16-19(3)27(24-21)20-7-5-4-6-8-20/h4-10,15-16H,11-14H2,1-3H3. The molecule has 0 radical (unpaired) electrons. The molecule has 1 amide bonds. The molecular formula is C23H26N4O3S. The molecule has 7 nitrogen and oxygen atoms in total. The molecule has 1 fully saturated rings.